The molecule has 0 spiro atoms. The normalized spacial score (nSPS) is 16.5. The first-order chi connectivity index (χ1) is 18.1. The van der Waals surface area contributed by atoms with Crippen molar-refractivity contribution >= 4 is 0 Å². The zero-order valence-electron chi connectivity index (χ0n) is 20.9. The zero-order chi connectivity index (χ0) is 32.7. The number of unbranched alkanes of at least 4 members (excludes halogenated alkanes) is 1. The molecule has 19 heteroatoms. The van der Waals surface area contributed by atoms with Gasteiger partial charge in [-0.05, 0) is 31.0 Å². The van der Waals surface area contributed by atoms with E-state index in [1.165, 1.54) is 6.07 Å². The van der Waals surface area contributed by atoms with Crippen molar-refractivity contribution in [1.29, 1.82) is 0 Å². The number of rotatable bonds is 14. The van der Waals surface area contributed by atoms with Gasteiger partial charge in [0.05, 0.1) is 18.6 Å². The first kappa shape index (κ1) is 36.8. The molecule has 0 aliphatic heterocycles. The minimum Gasteiger partial charge on any atom is -0.494 e. The van der Waals surface area contributed by atoms with Gasteiger partial charge in [0.2, 0.25) is 0 Å². The van der Waals surface area contributed by atoms with E-state index in [1.54, 1.807) is 6.92 Å². The van der Waals surface area contributed by atoms with Crippen LogP contribution in [-0.4, -0.2) is 61.4 Å². The molecule has 1 aromatic carbocycles. The molecule has 0 aromatic heterocycles. The standard InChI is InChI=1S/C22H21F17O2/c1-4-5-9-41-13-8-6-7-12(10-13)14(2,40-3)11-15(23,24)16(25,26)17(27,28)18(29,30)19(31,32)20(33,34)21(35,36)22(37,38)39/h6-8,10H,4-5,9,11H2,1-3H3. The van der Waals surface area contributed by atoms with Gasteiger partial charge in [0.25, 0.3) is 0 Å². The van der Waals surface area contributed by atoms with Crippen molar-refractivity contribution < 1.29 is 84.1 Å². The van der Waals surface area contributed by atoms with Gasteiger partial charge >= 0.3 is 47.6 Å². The van der Waals surface area contributed by atoms with Crippen LogP contribution < -0.4 is 4.74 Å². The molecule has 0 saturated heterocycles. The molecule has 41 heavy (non-hydrogen) atoms. The summed E-state index contributed by atoms with van der Waals surface area (Å²) in [5, 5.41) is 0. The fraction of sp³-hybridized carbons (Fsp3) is 0.727. The Kier molecular flexibility index (Phi) is 9.99. The van der Waals surface area contributed by atoms with Gasteiger partial charge in [0.1, 0.15) is 5.75 Å². The lowest BCUT2D eigenvalue weighted by atomic mass is 9.83. The number of alkyl halides is 17. The van der Waals surface area contributed by atoms with Crippen LogP contribution in [0.25, 0.3) is 0 Å². The van der Waals surface area contributed by atoms with Gasteiger partial charge in [0.15, 0.2) is 0 Å². The van der Waals surface area contributed by atoms with E-state index in [2.05, 4.69) is 4.74 Å². The minimum atomic E-state index is -8.67. The van der Waals surface area contributed by atoms with Crippen LogP contribution in [0, 0.1) is 0 Å². The Balaban J connectivity index is 3.60. The van der Waals surface area contributed by atoms with Gasteiger partial charge in [-0.15, -0.1) is 0 Å². The summed E-state index contributed by atoms with van der Waals surface area (Å²) in [5.74, 6) is -56.9. The number of halogens is 17. The van der Waals surface area contributed by atoms with Crippen LogP contribution in [0.2, 0.25) is 0 Å². The third-order valence-corrected chi connectivity index (χ3v) is 6.01. The summed E-state index contributed by atoms with van der Waals surface area (Å²) in [5.41, 5.74) is -3.40. The van der Waals surface area contributed by atoms with E-state index in [-0.39, 0.29) is 12.4 Å². The molecule has 0 amide bonds. The molecule has 2 nitrogen and oxygen atoms in total. The van der Waals surface area contributed by atoms with Crippen LogP contribution in [0.5, 0.6) is 5.75 Å². The molecule has 240 valence electrons. The molecule has 0 bridgehead atoms. The number of methoxy groups -OCH3 is 1. The first-order valence-corrected chi connectivity index (χ1v) is 11.1. The van der Waals surface area contributed by atoms with E-state index in [1.807, 2.05) is 0 Å². The van der Waals surface area contributed by atoms with E-state index in [4.69, 9.17) is 4.74 Å². The highest BCUT2D eigenvalue weighted by Crippen LogP contribution is 2.64. The van der Waals surface area contributed by atoms with Gasteiger partial charge in [-0.25, -0.2) is 0 Å². The number of ether oxygens (including phenoxy) is 2. The highest BCUT2D eigenvalue weighted by molar-refractivity contribution is 5.33. The van der Waals surface area contributed by atoms with E-state index in [9.17, 15) is 74.6 Å². The number of hydrogen-bond acceptors (Lipinski definition) is 2. The van der Waals surface area contributed by atoms with Crippen molar-refractivity contribution in [1.82, 2.24) is 0 Å². The maximum absolute atomic E-state index is 14.6. The van der Waals surface area contributed by atoms with Crippen LogP contribution in [0.15, 0.2) is 24.3 Å². The molecule has 1 aromatic rings. The van der Waals surface area contributed by atoms with E-state index in [0.29, 0.717) is 26.9 Å². The Hall–Kier alpha value is -2.21. The van der Waals surface area contributed by atoms with Crippen LogP contribution in [0.4, 0.5) is 74.6 Å². The lowest BCUT2D eigenvalue weighted by molar-refractivity contribution is -0.462. The quantitative estimate of drug-likeness (QED) is 0.149. The van der Waals surface area contributed by atoms with Gasteiger partial charge in [-0.3, -0.25) is 0 Å². The van der Waals surface area contributed by atoms with E-state index >= 15 is 0 Å². The van der Waals surface area contributed by atoms with Gasteiger partial charge in [0, 0.05) is 7.11 Å². The zero-order valence-corrected chi connectivity index (χ0v) is 20.9. The smallest absolute Gasteiger partial charge is 0.460 e. The van der Waals surface area contributed by atoms with E-state index in [0.717, 1.165) is 18.2 Å². The topological polar surface area (TPSA) is 18.5 Å². The predicted molar refractivity (Wildman–Crippen MR) is 107 cm³/mol. The summed E-state index contributed by atoms with van der Waals surface area (Å²) in [7, 11) is 0.541. The predicted octanol–water partition coefficient (Wildman–Crippen LogP) is 9.13. The third-order valence-electron chi connectivity index (χ3n) is 6.01. The second-order valence-electron chi connectivity index (χ2n) is 8.99. The molecule has 0 fully saturated rings. The largest absolute Gasteiger partial charge is 0.494 e. The Morgan fingerprint density at radius 3 is 1.49 bits per heavy atom. The Labute approximate surface area is 220 Å². The highest BCUT2D eigenvalue weighted by atomic mass is 19.4. The maximum Gasteiger partial charge on any atom is 0.460 e. The van der Waals surface area contributed by atoms with Crippen molar-refractivity contribution in [2.45, 2.75) is 86.3 Å². The minimum absolute atomic E-state index is 0.0470. The number of hydrogen-bond donors (Lipinski definition) is 0. The molecule has 1 atom stereocenters. The second-order valence-corrected chi connectivity index (χ2v) is 8.99. The molecular weight excluding hydrogens is 619 g/mol. The maximum atomic E-state index is 14.6. The van der Waals surface area contributed by atoms with Gasteiger partial charge in [-0.1, -0.05) is 25.5 Å². The summed E-state index contributed by atoms with van der Waals surface area (Å²) < 4.78 is 240. The fourth-order valence-corrected chi connectivity index (χ4v) is 3.27. The van der Waals surface area contributed by atoms with Crippen LogP contribution in [0.3, 0.4) is 0 Å². The fourth-order valence-electron chi connectivity index (χ4n) is 3.27. The molecule has 0 aliphatic rings. The summed E-state index contributed by atoms with van der Waals surface area (Å²) in [6, 6.07) is 4.03. The molecule has 0 N–H and O–H groups in total. The summed E-state index contributed by atoms with van der Waals surface area (Å²) in [6.07, 6.45) is -9.46. The van der Waals surface area contributed by atoms with Crippen molar-refractivity contribution in [3.63, 3.8) is 0 Å². The van der Waals surface area contributed by atoms with Crippen molar-refractivity contribution in [3.8, 4) is 5.75 Å². The molecule has 1 rings (SSSR count). The Morgan fingerprint density at radius 2 is 1.07 bits per heavy atom. The molecule has 1 unspecified atom stereocenters. The van der Waals surface area contributed by atoms with Crippen LogP contribution in [-0.2, 0) is 10.3 Å². The van der Waals surface area contributed by atoms with Crippen LogP contribution in [0.1, 0.15) is 38.7 Å². The summed E-state index contributed by atoms with van der Waals surface area (Å²) >= 11 is 0. The summed E-state index contributed by atoms with van der Waals surface area (Å²) in [6.45, 7) is 2.32. The third kappa shape index (κ3) is 5.87. The van der Waals surface area contributed by atoms with Crippen molar-refractivity contribution in [3.05, 3.63) is 29.8 Å². The van der Waals surface area contributed by atoms with Crippen molar-refractivity contribution in [2.24, 2.45) is 0 Å². The Morgan fingerprint density at radius 1 is 0.634 bits per heavy atom. The lowest BCUT2D eigenvalue weighted by Crippen LogP contribution is -2.74. The van der Waals surface area contributed by atoms with Crippen molar-refractivity contribution in [2.75, 3.05) is 13.7 Å². The number of benzene rings is 1. The second kappa shape index (κ2) is 11.1. The first-order valence-electron chi connectivity index (χ1n) is 11.1. The molecule has 0 aliphatic carbocycles. The average molecular weight is 640 g/mol. The van der Waals surface area contributed by atoms with E-state index < -0.39 is 65.2 Å². The lowest BCUT2D eigenvalue weighted by Gasteiger charge is -2.44. The summed E-state index contributed by atoms with van der Waals surface area (Å²) in [4.78, 5) is 0. The Bertz CT molecular complexity index is 1040. The molecule has 0 heterocycles. The molecular formula is C22H21F17O2. The monoisotopic (exact) mass is 640 g/mol. The molecule has 0 saturated carbocycles. The SMILES string of the molecule is CCCCOc1cccc(C(C)(CC(F)(F)C(F)(F)C(F)(F)C(F)(F)C(F)(F)C(F)(F)C(F)(F)C(F)(F)F)OC)c1. The highest BCUT2D eigenvalue weighted by Gasteiger charge is 2.95. The van der Waals surface area contributed by atoms with Gasteiger partial charge < -0.3 is 9.47 Å². The average Bonchev–Trinajstić information content (AvgIpc) is 2.82. The van der Waals surface area contributed by atoms with Gasteiger partial charge in [-0.2, -0.15) is 74.6 Å². The van der Waals surface area contributed by atoms with Crippen LogP contribution >= 0.6 is 0 Å². The molecule has 0 radical (unpaired) electrons.